The summed E-state index contributed by atoms with van der Waals surface area (Å²) in [5, 5.41) is 0. The Hall–Kier alpha value is -2.43. The molecule has 1 aromatic rings. The second-order valence-electron chi connectivity index (χ2n) is 7.81. The van der Waals surface area contributed by atoms with Crippen LogP contribution in [-0.4, -0.2) is 31.7 Å². The molecule has 1 unspecified atom stereocenters. The molecule has 0 spiro atoms. The van der Waals surface area contributed by atoms with Gasteiger partial charge in [0, 0.05) is 29.3 Å². The van der Waals surface area contributed by atoms with E-state index in [4.69, 9.17) is 9.47 Å². The Labute approximate surface area is 154 Å². The smallest absolute Gasteiger partial charge is 0.315 e. The summed E-state index contributed by atoms with van der Waals surface area (Å²) in [6.07, 6.45) is 1.19. The first-order valence-electron chi connectivity index (χ1n) is 8.80. The molecule has 0 bridgehead atoms. The molecule has 0 saturated carbocycles. The highest BCUT2D eigenvalue weighted by atomic mass is 16.5. The number of carbonyl (C=O) groups excluding carboxylic acids is 2. The average Bonchev–Trinajstić information content (AvgIpc) is 2.59. The van der Waals surface area contributed by atoms with Gasteiger partial charge in [0.1, 0.15) is 11.7 Å². The number of nitrogens with zero attached hydrogens (tertiary/aromatic N) is 1. The van der Waals surface area contributed by atoms with Crippen molar-refractivity contribution in [2.75, 3.05) is 14.2 Å². The lowest BCUT2D eigenvalue weighted by Crippen LogP contribution is -2.39. The lowest BCUT2D eigenvalue weighted by Gasteiger charge is -2.38. The summed E-state index contributed by atoms with van der Waals surface area (Å²) in [7, 11) is 2.98. The standard InChI is InChI=1S/C21H25NO4/c1-12-17(20(24)26-5)18(13-6-8-14(25-4)9-7-13)19-15(22-12)10-21(2,3)11-16(19)23/h6-9,17-18H,10-11H2,1-5H3/t17?,18-/m1/s1. The van der Waals surface area contributed by atoms with Crippen LogP contribution < -0.4 is 4.74 Å². The Morgan fingerprint density at radius 2 is 1.81 bits per heavy atom. The number of hydrogen-bond donors (Lipinski definition) is 0. The van der Waals surface area contributed by atoms with Gasteiger partial charge in [-0.05, 0) is 36.5 Å². The summed E-state index contributed by atoms with van der Waals surface area (Å²) in [5.74, 6) is -0.518. The van der Waals surface area contributed by atoms with E-state index in [0.29, 0.717) is 17.7 Å². The highest BCUT2D eigenvalue weighted by Gasteiger charge is 2.45. The minimum absolute atomic E-state index is 0.0715. The molecule has 26 heavy (non-hydrogen) atoms. The molecular weight excluding hydrogens is 330 g/mol. The number of esters is 1. The molecule has 0 radical (unpaired) electrons. The van der Waals surface area contributed by atoms with Gasteiger partial charge in [-0.15, -0.1) is 0 Å². The fourth-order valence-electron chi connectivity index (χ4n) is 4.05. The Balaban J connectivity index is 2.16. The van der Waals surface area contributed by atoms with Crippen molar-refractivity contribution >= 4 is 17.5 Å². The Morgan fingerprint density at radius 1 is 1.15 bits per heavy atom. The van der Waals surface area contributed by atoms with Crippen LogP contribution in [-0.2, 0) is 14.3 Å². The van der Waals surface area contributed by atoms with Gasteiger partial charge in [-0.25, -0.2) is 0 Å². The molecule has 0 fully saturated rings. The second-order valence-corrected chi connectivity index (χ2v) is 7.81. The van der Waals surface area contributed by atoms with E-state index < -0.39 is 5.92 Å². The molecule has 1 aromatic carbocycles. The molecule has 1 aliphatic heterocycles. The monoisotopic (exact) mass is 355 g/mol. The highest BCUT2D eigenvalue weighted by Crippen LogP contribution is 2.47. The van der Waals surface area contributed by atoms with Gasteiger partial charge in [0.2, 0.25) is 0 Å². The Kier molecular flexibility index (Phi) is 4.74. The molecule has 5 heteroatoms. The number of aliphatic imine (C=N–C) groups is 1. The number of ketones is 1. The van der Waals surface area contributed by atoms with Gasteiger partial charge in [0.25, 0.3) is 0 Å². The molecule has 1 aliphatic carbocycles. The predicted molar refractivity (Wildman–Crippen MR) is 99.4 cm³/mol. The van der Waals surface area contributed by atoms with Gasteiger partial charge in [-0.2, -0.15) is 0 Å². The van der Waals surface area contributed by atoms with Crippen LogP contribution in [0.25, 0.3) is 0 Å². The number of allylic oxidation sites excluding steroid dienone is 2. The van der Waals surface area contributed by atoms with Crippen LogP contribution in [0.2, 0.25) is 0 Å². The van der Waals surface area contributed by atoms with Crippen LogP contribution in [0.15, 0.2) is 40.5 Å². The second kappa shape index (κ2) is 6.71. The van der Waals surface area contributed by atoms with Crippen LogP contribution in [0.5, 0.6) is 5.75 Å². The third kappa shape index (κ3) is 3.18. The van der Waals surface area contributed by atoms with Gasteiger partial charge >= 0.3 is 5.97 Å². The minimum atomic E-state index is -0.586. The van der Waals surface area contributed by atoms with E-state index in [2.05, 4.69) is 18.8 Å². The molecule has 0 aromatic heterocycles. The van der Waals surface area contributed by atoms with E-state index in [9.17, 15) is 9.59 Å². The zero-order valence-corrected chi connectivity index (χ0v) is 16.0. The molecule has 2 aliphatic rings. The number of carbonyl (C=O) groups is 2. The van der Waals surface area contributed by atoms with Gasteiger partial charge in [-0.1, -0.05) is 26.0 Å². The SMILES string of the molecule is COC(=O)C1C(C)=NC2=C(C(=O)CC(C)(C)C2)[C@@H]1c1ccc(OC)cc1. The van der Waals surface area contributed by atoms with Crippen molar-refractivity contribution in [2.45, 2.75) is 39.5 Å². The van der Waals surface area contributed by atoms with E-state index >= 15 is 0 Å². The molecule has 1 heterocycles. The number of rotatable bonds is 3. The minimum Gasteiger partial charge on any atom is -0.497 e. The Morgan fingerprint density at radius 3 is 2.38 bits per heavy atom. The van der Waals surface area contributed by atoms with Crippen molar-refractivity contribution in [1.82, 2.24) is 0 Å². The first-order chi connectivity index (χ1) is 12.3. The quantitative estimate of drug-likeness (QED) is 0.776. The summed E-state index contributed by atoms with van der Waals surface area (Å²) in [6.45, 7) is 6.00. The fourth-order valence-corrected chi connectivity index (χ4v) is 4.05. The average molecular weight is 355 g/mol. The molecule has 3 rings (SSSR count). The van der Waals surface area contributed by atoms with E-state index in [1.54, 1.807) is 7.11 Å². The summed E-state index contributed by atoms with van der Waals surface area (Å²) >= 11 is 0. The number of ether oxygens (including phenoxy) is 2. The summed E-state index contributed by atoms with van der Waals surface area (Å²) in [4.78, 5) is 30.2. The normalized spacial score (nSPS) is 24.7. The fraction of sp³-hybridized carbons (Fsp3) is 0.476. The van der Waals surface area contributed by atoms with Crippen LogP contribution in [0, 0.1) is 11.3 Å². The number of benzene rings is 1. The number of Topliss-reactive ketones (excluding diaryl/α,β-unsaturated/α-hetero) is 1. The Bertz CT molecular complexity index is 802. The van der Waals surface area contributed by atoms with E-state index in [-0.39, 0.29) is 23.1 Å². The largest absolute Gasteiger partial charge is 0.497 e. The molecule has 5 nitrogen and oxygen atoms in total. The maximum Gasteiger partial charge on any atom is 0.315 e. The zero-order valence-electron chi connectivity index (χ0n) is 16.0. The molecule has 0 saturated heterocycles. The van der Waals surface area contributed by atoms with Gasteiger partial charge in [0.05, 0.1) is 14.2 Å². The topological polar surface area (TPSA) is 65.0 Å². The van der Waals surface area contributed by atoms with Crippen molar-refractivity contribution < 1.29 is 19.1 Å². The lowest BCUT2D eigenvalue weighted by atomic mass is 9.67. The van der Waals surface area contributed by atoms with Crippen LogP contribution in [0.4, 0.5) is 0 Å². The first kappa shape index (κ1) is 18.4. The highest BCUT2D eigenvalue weighted by molar-refractivity contribution is 6.09. The van der Waals surface area contributed by atoms with Gasteiger partial charge in [-0.3, -0.25) is 14.6 Å². The third-order valence-electron chi connectivity index (χ3n) is 5.23. The van der Waals surface area contributed by atoms with Gasteiger partial charge in [0.15, 0.2) is 5.78 Å². The zero-order chi connectivity index (χ0) is 19.1. The van der Waals surface area contributed by atoms with Crippen LogP contribution in [0.1, 0.15) is 45.1 Å². The van der Waals surface area contributed by atoms with Crippen LogP contribution in [0.3, 0.4) is 0 Å². The number of hydrogen-bond acceptors (Lipinski definition) is 5. The van der Waals surface area contributed by atoms with E-state index in [1.165, 1.54) is 7.11 Å². The van der Waals surface area contributed by atoms with Crippen molar-refractivity contribution in [3.8, 4) is 5.75 Å². The predicted octanol–water partition coefficient (Wildman–Crippen LogP) is 3.69. The first-order valence-corrected chi connectivity index (χ1v) is 8.80. The van der Waals surface area contributed by atoms with Crippen molar-refractivity contribution in [3.63, 3.8) is 0 Å². The molecular formula is C21H25NO4. The van der Waals surface area contributed by atoms with E-state index in [1.807, 2.05) is 31.2 Å². The molecule has 2 atom stereocenters. The summed E-state index contributed by atoms with van der Waals surface area (Å²) in [5.41, 5.74) is 2.94. The molecule has 138 valence electrons. The van der Waals surface area contributed by atoms with Crippen LogP contribution >= 0.6 is 0 Å². The maximum atomic E-state index is 13.0. The van der Waals surface area contributed by atoms with E-state index in [0.717, 1.165) is 23.4 Å². The molecule has 0 amide bonds. The van der Waals surface area contributed by atoms with Crippen molar-refractivity contribution in [2.24, 2.45) is 16.3 Å². The van der Waals surface area contributed by atoms with Crippen molar-refractivity contribution in [1.29, 1.82) is 0 Å². The third-order valence-corrected chi connectivity index (χ3v) is 5.23. The van der Waals surface area contributed by atoms with Gasteiger partial charge < -0.3 is 9.47 Å². The van der Waals surface area contributed by atoms with Crippen molar-refractivity contribution in [3.05, 3.63) is 41.1 Å². The molecule has 0 N–H and O–H groups in total. The number of methoxy groups -OCH3 is 2. The summed E-state index contributed by atoms with van der Waals surface area (Å²) in [6, 6.07) is 7.52. The lowest BCUT2D eigenvalue weighted by molar-refractivity contribution is -0.143. The maximum absolute atomic E-state index is 13.0. The summed E-state index contributed by atoms with van der Waals surface area (Å²) < 4.78 is 10.3.